The molecule has 2 aromatic carbocycles. The molecule has 0 aliphatic carbocycles. The second kappa shape index (κ2) is 8.38. The van der Waals surface area contributed by atoms with Gasteiger partial charge in [0.25, 0.3) is 0 Å². The van der Waals surface area contributed by atoms with Gasteiger partial charge in [0.15, 0.2) is 6.29 Å². The maximum atomic E-state index is 12.6. The van der Waals surface area contributed by atoms with Gasteiger partial charge in [-0.1, -0.05) is 42.5 Å². The Kier molecular flexibility index (Phi) is 5.72. The molecule has 0 spiro atoms. The lowest BCUT2D eigenvalue weighted by atomic mass is 9.96. The summed E-state index contributed by atoms with van der Waals surface area (Å²) in [6, 6.07) is 14.6. The number of fused-ring (bicyclic) bond motifs is 1. The summed E-state index contributed by atoms with van der Waals surface area (Å²) in [4.78, 5) is 14.8. The Hall–Kier alpha value is -1.95. The van der Waals surface area contributed by atoms with Crippen LogP contribution in [-0.4, -0.2) is 49.9 Å². The Morgan fingerprint density at radius 2 is 1.81 bits per heavy atom. The summed E-state index contributed by atoms with van der Waals surface area (Å²) in [7, 11) is 0. The Labute approximate surface area is 160 Å². The van der Waals surface area contributed by atoms with Crippen molar-refractivity contribution in [1.29, 1.82) is 0 Å². The second-order valence-electron chi connectivity index (χ2n) is 7.58. The number of likely N-dealkylation sites (tertiary alicyclic amines) is 1. The molecule has 4 rings (SSSR count). The number of nitrogens with zero attached hydrogens (tertiary/aromatic N) is 1. The first-order valence-corrected chi connectivity index (χ1v) is 9.93. The normalized spacial score (nSPS) is 20.8. The Morgan fingerprint density at radius 1 is 1.11 bits per heavy atom. The van der Waals surface area contributed by atoms with Crippen molar-refractivity contribution in [2.24, 2.45) is 5.92 Å². The number of nitrogens with one attached hydrogen (secondary N) is 1. The first kappa shape index (κ1) is 18.4. The molecule has 1 atom stereocenters. The molecule has 0 saturated carbocycles. The molecule has 144 valence electrons. The van der Waals surface area contributed by atoms with Gasteiger partial charge in [0.05, 0.1) is 25.8 Å². The fourth-order valence-corrected chi connectivity index (χ4v) is 4.23. The average molecular weight is 368 g/mol. The molecular weight excluding hydrogens is 340 g/mol. The lowest BCUT2D eigenvalue weighted by Gasteiger charge is -2.33. The highest BCUT2D eigenvalue weighted by atomic mass is 16.7. The van der Waals surface area contributed by atoms with E-state index in [1.54, 1.807) is 0 Å². The van der Waals surface area contributed by atoms with Gasteiger partial charge in [-0.25, -0.2) is 0 Å². The van der Waals surface area contributed by atoms with Crippen molar-refractivity contribution in [2.75, 3.05) is 32.8 Å². The Morgan fingerprint density at radius 3 is 2.59 bits per heavy atom. The van der Waals surface area contributed by atoms with Crippen molar-refractivity contribution < 1.29 is 14.3 Å². The van der Waals surface area contributed by atoms with Crippen LogP contribution in [0.25, 0.3) is 10.8 Å². The third kappa shape index (κ3) is 4.32. The van der Waals surface area contributed by atoms with Gasteiger partial charge in [-0.15, -0.1) is 0 Å². The summed E-state index contributed by atoms with van der Waals surface area (Å²) in [6.07, 6.45) is 2.01. The van der Waals surface area contributed by atoms with Crippen molar-refractivity contribution >= 4 is 16.7 Å². The van der Waals surface area contributed by atoms with Gasteiger partial charge in [-0.2, -0.15) is 0 Å². The van der Waals surface area contributed by atoms with E-state index < -0.39 is 0 Å². The van der Waals surface area contributed by atoms with Crippen molar-refractivity contribution in [3.8, 4) is 0 Å². The number of hydrogen-bond donors (Lipinski definition) is 1. The molecule has 1 N–H and O–H groups in total. The minimum absolute atomic E-state index is 0.0126. The van der Waals surface area contributed by atoms with E-state index in [2.05, 4.69) is 47.5 Å². The summed E-state index contributed by atoms with van der Waals surface area (Å²) in [5.41, 5.74) is 1.16. The van der Waals surface area contributed by atoms with Crippen molar-refractivity contribution in [1.82, 2.24) is 10.2 Å². The van der Waals surface area contributed by atoms with Gasteiger partial charge in [0, 0.05) is 5.92 Å². The van der Waals surface area contributed by atoms with E-state index in [-0.39, 0.29) is 18.2 Å². The molecule has 2 aromatic rings. The first-order chi connectivity index (χ1) is 13.2. The molecule has 2 aliphatic rings. The highest BCUT2D eigenvalue weighted by molar-refractivity contribution is 5.87. The Balaban J connectivity index is 1.30. The maximum Gasteiger partial charge on any atom is 0.234 e. The van der Waals surface area contributed by atoms with Crippen molar-refractivity contribution in [3.63, 3.8) is 0 Å². The van der Waals surface area contributed by atoms with E-state index in [9.17, 15) is 4.79 Å². The number of piperidine rings is 1. The molecule has 2 fully saturated rings. The van der Waals surface area contributed by atoms with Gasteiger partial charge in [-0.3, -0.25) is 9.69 Å². The molecule has 2 saturated heterocycles. The highest BCUT2D eigenvalue weighted by Crippen LogP contribution is 2.26. The summed E-state index contributed by atoms with van der Waals surface area (Å²) >= 11 is 0. The number of carbonyl (C=O) groups is 1. The number of benzene rings is 2. The number of carbonyl (C=O) groups excluding carboxylic acids is 1. The molecule has 27 heavy (non-hydrogen) atoms. The van der Waals surface area contributed by atoms with Gasteiger partial charge in [0.2, 0.25) is 5.91 Å². The maximum absolute atomic E-state index is 12.6. The number of ether oxygens (including phenoxy) is 2. The fraction of sp³-hybridized carbons (Fsp3) is 0.500. The standard InChI is InChI=1S/C22H28N2O3/c1-16(19-8-4-6-17-5-2-3-7-20(17)19)23-21(25)15-24-11-9-18(10-12-24)22-26-13-14-27-22/h2-8,16,18,22H,9-15H2,1H3,(H,23,25). The molecule has 1 amide bonds. The molecule has 5 nitrogen and oxygen atoms in total. The van der Waals surface area contributed by atoms with E-state index in [4.69, 9.17) is 9.47 Å². The molecule has 5 heteroatoms. The molecule has 0 bridgehead atoms. The van der Waals surface area contributed by atoms with Crippen LogP contribution in [0.2, 0.25) is 0 Å². The van der Waals surface area contributed by atoms with Crippen LogP contribution in [0.5, 0.6) is 0 Å². The van der Waals surface area contributed by atoms with E-state index in [0.29, 0.717) is 25.7 Å². The van der Waals surface area contributed by atoms with E-state index in [1.807, 2.05) is 12.1 Å². The average Bonchev–Trinajstić information content (AvgIpc) is 3.23. The van der Waals surface area contributed by atoms with Crippen LogP contribution in [0.3, 0.4) is 0 Å². The lowest BCUT2D eigenvalue weighted by Crippen LogP contribution is -2.43. The zero-order chi connectivity index (χ0) is 18.6. The van der Waals surface area contributed by atoms with Crippen molar-refractivity contribution in [3.05, 3.63) is 48.0 Å². The largest absolute Gasteiger partial charge is 0.350 e. The van der Waals surface area contributed by atoms with Gasteiger partial charge >= 0.3 is 0 Å². The predicted molar refractivity (Wildman–Crippen MR) is 105 cm³/mol. The SMILES string of the molecule is CC(NC(=O)CN1CCC(C2OCCO2)CC1)c1cccc2ccccc12. The van der Waals surface area contributed by atoms with Gasteiger partial charge < -0.3 is 14.8 Å². The van der Waals surface area contributed by atoms with Crippen LogP contribution < -0.4 is 5.32 Å². The van der Waals surface area contributed by atoms with Gasteiger partial charge in [0.1, 0.15) is 0 Å². The first-order valence-electron chi connectivity index (χ1n) is 9.93. The lowest BCUT2D eigenvalue weighted by molar-refractivity contribution is -0.124. The second-order valence-corrected chi connectivity index (χ2v) is 7.58. The fourth-order valence-electron chi connectivity index (χ4n) is 4.23. The summed E-state index contributed by atoms with van der Waals surface area (Å²) in [5, 5.41) is 5.57. The molecule has 1 unspecified atom stereocenters. The molecule has 0 aromatic heterocycles. The molecule has 2 heterocycles. The van der Waals surface area contributed by atoms with Crippen LogP contribution in [0.4, 0.5) is 0 Å². The zero-order valence-electron chi connectivity index (χ0n) is 15.9. The summed E-state index contributed by atoms with van der Waals surface area (Å²) in [5.74, 6) is 0.545. The zero-order valence-corrected chi connectivity index (χ0v) is 15.9. The number of hydrogen-bond acceptors (Lipinski definition) is 4. The summed E-state index contributed by atoms with van der Waals surface area (Å²) < 4.78 is 11.3. The van der Waals surface area contributed by atoms with E-state index in [1.165, 1.54) is 10.8 Å². The topological polar surface area (TPSA) is 50.8 Å². The smallest absolute Gasteiger partial charge is 0.234 e. The minimum Gasteiger partial charge on any atom is -0.350 e. The number of rotatable bonds is 5. The van der Waals surface area contributed by atoms with E-state index in [0.717, 1.165) is 31.5 Å². The third-order valence-corrected chi connectivity index (χ3v) is 5.70. The van der Waals surface area contributed by atoms with Crippen LogP contribution in [-0.2, 0) is 14.3 Å². The monoisotopic (exact) mass is 368 g/mol. The Bertz CT molecular complexity index is 775. The summed E-state index contributed by atoms with van der Waals surface area (Å²) in [6.45, 7) is 5.77. The predicted octanol–water partition coefficient (Wildman–Crippen LogP) is 3.10. The quantitative estimate of drug-likeness (QED) is 0.881. The molecule has 0 radical (unpaired) electrons. The highest BCUT2D eigenvalue weighted by Gasteiger charge is 2.30. The van der Waals surface area contributed by atoms with Crippen molar-refractivity contribution in [2.45, 2.75) is 32.1 Å². The van der Waals surface area contributed by atoms with Crippen LogP contribution in [0.1, 0.15) is 31.4 Å². The van der Waals surface area contributed by atoms with Crippen LogP contribution >= 0.6 is 0 Å². The van der Waals surface area contributed by atoms with Crippen LogP contribution in [0, 0.1) is 5.92 Å². The molecule has 2 aliphatic heterocycles. The van der Waals surface area contributed by atoms with E-state index >= 15 is 0 Å². The van der Waals surface area contributed by atoms with Crippen LogP contribution in [0.15, 0.2) is 42.5 Å². The third-order valence-electron chi connectivity index (χ3n) is 5.70. The van der Waals surface area contributed by atoms with Gasteiger partial charge in [-0.05, 0) is 49.2 Å². The minimum atomic E-state index is -0.0349. The molecular formula is C22H28N2O3. The number of amides is 1.